The predicted octanol–water partition coefficient (Wildman–Crippen LogP) is 2.16. The standard InChI is InChI=1S/C14H19N3S/c18-14(15-12-4-2-1-3-5-12)17-10-8-16(9-11-17)13-6-7-13/h1-5,13H,6-11H2,(H,15,18). The van der Waals surface area contributed by atoms with Crippen LogP contribution >= 0.6 is 12.2 Å². The summed E-state index contributed by atoms with van der Waals surface area (Å²) in [5.41, 5.74) is 1.08. The topological polar surface area (TPSA) is 18.5 Å². The maximum atomic E-state index is 5.47. The Kier molecular flexibility index (Phi) is 3.48. The number of nitrogens with one attached hydrogen (secondary N) is 1. The molecule has 0 atom stereocenters. The number of nitrogens with zero attached hydrogens (tertiary/aromatic N) is 2. The molecule has 1 heterocycles. The van der Waals surface area contributed by atoms with Gasteiger partial charge in [0.25, 0.3) is 0 Å². The number of benzene rings is 1. The Bertz CT molecular complexity index is 408. The lowest BCUT2D eigenvalue weighted by molar-refractivity contribution is 0.176. The molecule has 1 aliphatic heterocycles. The molecular formula is C14H19N3S. The van der Waals surface area contributed by atoms with Crippen molar-refractivity contribution in [3.63, 3.8) is 0 Å². The lowest BCUT2D eigenvalue weighted by atomic mass is 10.3. The van der Waals surface area contributed by atoms with Crippen molar-refractivity contribution >= 4 is 23.0 Å². The van der Waals surface area contributed by atoms with E-state index in [1.54, 1.807) is 0 Å². The second kappa shape index (κ2) is 5.24. The second-order valence-corrected chi connectivity index (χ2v) is 5.44. The zero-order valence-electron chi connectivity index (χ0n) is 10.5. The molecule has 1 saturated carbocycles. The number of piperazine rings is 1. The first-order valence-corrected chi connectivity index (χ1v) is 7.09. The molecule has 3 rings (SSSR count). The van der Waals surface area contributed by atoms with Crippen LogP contribution in [-0.4, -0.2) is 47.1 Å². The molecule has 1 aromatic carbocycles. The smallest absolute Gasteiger partial charge is 0.173 e. The Morgan fingerprint density at radius 1 is 1.06 bits per heavy atom. The van der Waals surface area contributed by atoms with E-state index >= 15 is 0 Å². The van der Waals surface area contributed by atoms with Gasteiger partial charge >= 0.3 is 0 Å². The highest BCUT2D eigenvalue weighted by molar-refractivity contribution is 7.80. The molecule has 96 valence electrons. The van der Waals surface area contributed by atoms with Crippen LogP contribution in [0.15, 0.2) is 30.3 Å². The van der Waals surface area contributed by atoms with Gasteiger partial charge in [-0.05, 0) is 37.2 Å². The van der Waals surface area contributed by atoms with Gasteiger partial charge in [0.1, 0.15) is 0 Å². The van der Waals surface area contributed by atoms with Gasteiger partial charge in [0.15, 0.2) is 5.11 Å². The lowest BCUT2D eigenvalue weighted by Crippen LogP contribution is -2.50. The molecule has 0 spiro atoms. The Morgan fingerprint density at radius 3 is 2.33 bits per heavy atom. The van der Waals surface area contributed by atoms with Gasteiger partial charge in [-0.25, -0.2) is 0 Å². The summed E-state index contributed by atoms with van der Waals surface area (Å²) < 4.78 is 0. The third kappa shape index (κ3) is 2.82. The van der Waals surface area contributed by atoms with E-state index in [0.29, 0.717) is 0 Å². The van der Waals surface area contributed by atoms with Crippen molar-refractivity contribution in [2.24, 2.45) is 0 Å². The average Bonchev–Trinajstić information content (AvgIpc) is 3.24. The minimum Gasteiger partial charge on any atom is -0.346 e. The maximum absolute atomic E-state index is 5.47. The van der Waals surface area contributed by atoms with E-state index in [2.05, 4.69) is 15.1 Å². The Balaban J connectivity index is 1.51. The van der Waals surface area contributed by atoms with Crippen LogP contribution in [0.2, 0.25) is 0 Å². The summed E-state index contributed by atoms with van der Waals surface area (Å²) in [6.45, 7) is 4.41. The zero-order chi connectivity index (χ0) is 12.4. The van der Waals surface area contributed by atoms with E-state index in [0.717, 1.165) is 43.0 Å². The summed E-state index contributed by atoms with van der Waals surface area (Å²) in [6, 6.07) is 11.0. The number of rotatable bonds is 2. The lowest BCUT2D eigenvalue weighted by Gasteiger charge is -2.36. The molecule has 0 aromatic heterocycles. The molecule has 1 saturated heterocycles. The first kappa shape index (κ1) is 11.9. The molecule has 4 heteroatoms. The Morgan fingerprint density at radius 2 is 1.72 bits per heavy atom. The molecule has 0 amide bonds. The highest BCUT2D eigenvalue weighted by Gasteiger charge is 2.31. The van der Waals surface area contributed by atoms with Gasteiger partial charge in [-0.1, -0.05) is 18.2 Å². The van der Waals surface area contributed by atoms with Gasteiger partial charge in [-0.3, -0.25) is 4.90 Å². The van der Waals surface area contributed by atoms with Gasteiger partial charge in [0, 0.05) is 37.9 Å². The largest absolute Gasteiger partial charge is 0.346 e. The van der Waals surface area contributed by atoms with Crippen molar-refractivity contribution in [3.05, 3.63) is 30.3 Å². The van der Waals surface area contributed by atoms with E-state index in [9.17, 15) is 0 Å². The van der Waals surface area contributed by atoms with E-state index in [1.165, 1.54) is 12.8 Å². The number of para-hydroxylation sites is 1. The SMILES string of the molecule is S=C(Nc1ccccc1)N1CCN(C2CC2)CC1. The molecule has 1 aliphatic carbocycles. The van der Waals surface area contributed by atoms with Crippen molar-refractivity contribution in [2.45, 2.75) is 18.9 Å². The number of hydrogen-bond acceptors (Lipinski definition) is 2. The highest BCUT2D eigenvalue weighted by atomic mass is 32.1. The fourth-order valence-electron chi connectivity index (χ4n) is 2.45. The number of thiocarbonyl (C=S) groups is 1. The quantitative estimate of drug-likeness (QED) is 0.822. The fourth-order valence-corrected chi connectivity index (χ4v) is 2.75. The van der Waals surface area contributed by atoms with Crippen molar-refractivity contribution < 1.29 is 0 Å². The predicted molar refractivity (Wildman–Crippen MR) is 78.8 cm³/mol. The van der Waals surface area contributed by atoms with Crippen LogP contribution in [0.25, 0.3) is 0 Å². The van der Waals surface area contributed by atoms with E-state index in [4.69, 9.17) is 12.2 Å². The highest BCUT2D eigenvalue weighted by Crippen LogP contribution is 2.27. The molecular weight excluding hydrogens is 242 g/mol. The third-order valence-electron chi connectivity index (χ3n) is 3.69. The third-order valence-corrected chi connectivity index (χ3v) is 4.05. The van der Waals surface area contributed by atoms with Crippen LogP contribution in [0.3, 0.4) is 0 Å². The summed E-state index contributed by atoms with van der Waals surface area (Å²) in [6.07, 6.45) is 2.79. The molecule has 18 heavy (non-hydrogen) atoms. The van der Waals surface area contributed by atoms with Gasteiger partial charge < -0.3 is 10.2 Å². The van der Waals surface area contributed by atoms with Gasteiger partial charge in [-0.15, -0.1) is 0 Å². The van der Waals surface area contributed by atoms with Gasteiger partial charge in [0.2, 0.25) is 0 Å². The van der Waals surface area contributed by atoms with Crippen molar-refractivity contribution in [3.8, 4) is 0 Å². The molecule has 0 bridgehead atoms. The minimum absolute atomic E-state index is 0.858. The van der Waals surface area contributed by atoms with Crippen molar-refractivity contribution in [1.82, 2.24) is 9.80 Å². The molecule has 0 unspecified atom stereocenters. The summed E-state index contributed by atoms with van der Waals surface area (Å²) in [4.78, 5) is 4.88. The summed E-state index contributed by atoms with van der Waals surface area (Å²) >= 11 is 5.47. The zero-order valence-corrected chi connectivity index (χ0v) is 11.3. The first-order valence-electron chi connectivity index (χ1n) is 6.68. The molecule has 1 aromatic rings. The van der Waals surface area contributed by atoms with Crippen LogP contribution in [0.5, 0.6) is 0 Å². The molecule has 1 N–H and O–H groups in total. The van der Waals surface area contributed by atoms with Crippen LogP contribution in [0.1, 0.15) is 12.8 Å². The summed E-state index contributed by atoms with van der Waals surface area (Å²) in [5.74, 6) is 0. The molecule has 2 aliphatic rings. The minimum atomic E-state index is 0.858. The van der Waals surface area contributed by atoms with Crippen molar-refractivity contribution in [2.75, 3.05) is 31.5 Å². The number of anilines is 1. The van der Waals surface area contributed by atoms with E-state index in [-0.39, 0.29) is 0 Å². The summed E-state index contributed by atoms with van der Waals surface area (Å²) in [7, 11) is 0. The molecule has 2 fully saturated rings. The van der Waals surface area contributed by atoms with Crippen LogP contribution in [-0.2, 0) is 0 Å². The average molecular weight is 261 g/mol. The Labute approximate surface area is 114 Å². The van der Waals surface area contributed by atoms with E-state index < -0.39 is 0 Å². The molecule has 3 nitrogen and oxygen atoms in total. The second-order valence-electron chi connectivity index (χ2n) is 5.05. The normalized spacial score (nSPS) is 20.8. The van der Waals surface area contributed by atoms with Crippen molar-refractivity contribution in [1.29, 1.82) is 0 Å². The van der Waals surface area contributed by atoms with Crippen LogP contribution < -0.4 is 5.32 Å². The molecule has 0 radical (unpaired) electrons. The summed E-state index contributed by atoms with van der Waals surface area (Å²) in [5, 5.41) is 4.17. The van der Waals surface area contributed by atoms with Crippen LogP contribution in [0, 0.1) is 0 Å². The van der Waals surface area contributed by atoms with Gasteiger partial charge in [0.05, 0.1) is 0 Å². The van der Waals surface area contributed by atoms with E-state index in [1.807, 2.05) is 30.3 Å². The van der Waals surface area contributed by atoms with Crippen LogP contribution in [0.4, 0.5) is 5.69 Å². The maximum Gasteiger partial charge on any atom is 0.173 e. The van der Waals surface area contributed by atoms with Gasteiger partial charge in [-0.2, -0.15) is 0 Å². The fraction of sp³-hybridized carbons (Fsp3) is 0.500. The Hall–Kier alpha value is -1.13. The monoisotopic (exact) mass is 261 g/mol. The first-order chi connectivity index (χ1) is 8.83. The number of hydrogen-bond donors (Lipinski definition) is 1.